The monoisotopic (exact) mass is 412 g/mol. The van der Waals surface area contributed by atoms with Crippen LogP contribution in [0.4, 0.5) is 22.0 Å². The van der Waals surface area contributed by atoms with E-state index < -0.39 is 30.3 Å². The first-order chi connectivity index (χ1) is 13.8. The van der Waals surface area contributed by atoms with Gasteiger partial charge in [0.05, 0.1) is 0 Å². The van der Waals surface area contributed by atoms with E-state index in [-0.39, 0.29) is 41.0 Å². The number of hydrogen-bond donors (Lipinski definition) is 1. The van der Waals surface area contributed by atoms with Crippen LogP contribution in [0.3, 0.4) is 0 Å². The number of aromatic nitrogens is 1. The summed E-state index contributed by atoms with van der Waals surface area (Å²) in [6.45, 7) is -0.365. The van der Waals surface area contributed by atoms with Crippen molar-refractivity contribution in [1.82, 2.24) is 10.3 Å². The van der Waals surface area contributed by atoms with Crippen LogP contribution in [0.1, 0.15) is 35.9 Å². The highest BCUT2D eigenvalue weighted by Gasteiger charge is 2.47. The van der Waals surface area contributed by atoms with Gasteiger partial charge in [0, 0.05) is 29.3 Å². The maximum absolute atomic E-state index is 13.8. The Morgan fingerprint density at radius 3 is 2.59 bits per heavy atom. The Morgan fingerprint density at radius 2 is 1.97 bits per heavy atom. The first-order valence-corrected chi connectivity index (χ1v) is 9.16. The van der Waals surface area contributed by atoms with E-state index in [1.54, 1.807) is 0 Å². The lowest BCUT2D eigenvalue weighted by atomic mass is 9.92. The molecular weight excluding hydrogens is 395 g/mol. The third-order valence-electron chi connectivity index (χ3n) is 5.37. The topological polar surface area (TPSA) is 51.2 Å². The van der Waals surface area contributed by atoms with E-state index in [1.807, 2.05) is 0 Å². The highest BCUT2D eigenvalue weighted by Crippen LogP contribution is 2.50. The molecule has 4 rings (SSSR count). The van der Waals surface area contributed by atoms with Gasteiger partial charge in [-0.1, -0.05) is 0 Å². The van der Waals surface area contributed by atoms with Crippen molar-refractivity contribution < 1.29 is 31.5 Å². The van der Waals surface area contributed by atoms with E-state index in [2.05, 4.69) is 10.3 Å². The molecule has 0 spiro atoms. The number of rotatable bonds is 6. The lowest BCUT2D eigenvalue weighted by molar-refractivity contribution is -0.151. The normalized spacial score (nSPS) is 19.4. The Morgan fingerprint density at radius 1 is 1.21 bits per heavy atom. The van der Waals surface area contributed by atoms with E-state index in [4.69, 9.17) is 4.74 Å². The number of carbonyl (C=O) groups is 1. The van der Waals surface area contributed by atoms with Crippen LogP contribution in [-0.2, 0) is 4.79 Å². The Labute approximate surface area is 163 Å². The van der Waals surface area contributed by atoms with Crippen molar-refractivity contribution in [2.24, 2.45) is 5.92 Å². The van der Waals surface area contributed by atoms with E-state index in [0.29, 0.717) is 12.1 Å². The van der Waals surface area contributed by atoms with Crippen molar-refractivity contribution in [3.8, 4) is 17.0 Å². The van der Waals surface area contributed by atoms with Crippen molar-refractivity contribution in [3.63, 3.8) is 0 Å². The minimum atomic E-state index is -4.52. The maximum atomic E-state index is 13.8. The quantitative estimate of drug-likeness (QED) is 0.569. The average Bonchev–Trinajstić information content (AvgIpc) is 3.40. The van der Waals surface area contributed by atoms with Crippen molar-refractivity contribution in [2.45, 2.75) is 30.9 Å². The summed E-state index contributed by atoms with van der Waals surface area (Å²) in [4.78, 5) is 15.2. The Kier molecular flexibility index (Phi) is 4.92. The number of alkyl halides is 3. The number of hydrogen-bond acceptors (Lipinski definition) is 3. The van der Waals surface area contributed by atoms with Gasteiger partial charge < -0.3 is 10.1 Å². The molecule has 0 saturated heterocycles. The van der Waals surface area contributed by atoms with Gasteiger partial charge in [-0.05, 0) is 43.0 Å². The summed E-state index contributed by atoms with van der Waals surface area (Å²) in [5.74, 6) is -4.18. The Bertz CT molecular complexity index is 943. The average molecular weight is 412 g/mol. The molecule has 1 aliphatic heterocycles. The Balaban J connectivity index is 1.86. The second-order valence-corrected chi connectivity index (χ2v) is 7.32. The molecule has 1 aliphatic carbocycles. The second-order valence-electron chi connectivity index (χ2n) is 7.32. The molecule has 2 aliphatic rings. The lowest BCUT2D eigenvalue weighted by Crippen LogP contribution is -2.24. The van der Waals surface area contributed by atoms with Crippen molar-refractivity contribution >= 4 is 6.41 Å². The number of nitrogens with zero attached hydrogens (tertiary/aromatic N) is 1. The first-order valence-electron chi connectivity index (χ1n) is 9.16. The van der Waals surface area contributed by atoms with Crippen LogP contribution in [0.15, 0.2) is 24.3 Å². The maximum Gasteiger partial charge on any atom is 0.399 e. The molecule has 1 saturated carbocycles. The van der Waals surface area contributed by atoms with Gasteiger partial charge in [0.1, 0.15) is 24.0 Å². The van der Waals surface area contributed by atoms with E-state index in [1.165, 1.54) is 12.1 Å². The third-order valence-corrected chi connectivity index (χ3v) is 5.37. The van der Waals surface area contributed by atoms with Gasteiger partial charge >= 0.3 is 6.18 Å². The zero-order valence-corrected chi connectivity index (χ0v) is 15.1. The van der Waals surface area contributed by atoms with Gasteiger partial charge in [-0.3, -0.25) is 4.79 Å². The van der Waals surface area contributed by atoms with Gasteiger partial charge in [-0.2, -0.15) is 13.2 Å². The van der Waals surface area contributed by atoms with E-state index in [9.17, 15) is 26.7 Å². The van der Waals surface area contributed by atoms with E-state index >= 15 is 0 Å². The fourth-order valence-corrected chi connectivity index (χ4v) is 3.73. The molecule has 1 amide bonds. The van der Waals surface area contributed by atoms with Crippen LogP contribution in [0.2, 0.25) is 0 Å². The van der Waals surface area contributed by atoms with Gasteiger partial charge in [0.25, 0.3) is 0 Å². The number of carbonyl (C=O) groups excluding carboxylic acids is 1. The van der Waals surface area contributed by atoms with Crippen LogP contribution in [0, 0.1) is 17.6 Å². The first kappa shape index (κ1) is 19.6. The molecule has 29 heavy (non-hydrogen) atoms. The highest BCUT2D eigenvalue weighted by atomic mass is 19.4. The molecule has 9 heteroatoms. The second kappa shape index (κ2) is 7.27. The molecule has 1 fully saturated rings. The number of fused-ring (bicyclic) bond motifs is 1. The van der Waals surface area contributed by atoms with Gasteiger partial charge in [0.2, 0.25) is 6.41 Å². The summed E-state index contributed by atoms with van der Waals surface area (Å²) >= 11 is 0. The molecule has 2 unspecified atom stereocenters. The minimum absolute atomic E-state index is 0.0416. The molecule has 154 valence electrons. The van der Waals surface area contributed by atoms with Crippen LogP contribution in [0.5, 0.6) is 5.75 Å². The molecule has 1 N–H and O–H groups in total. The Hall–Kier alpha value is -2.71. The van der Waals surface area contributed by atoms with E-state index in [0.717, 1.165) is 25.0 Å². The predicted octanol–water partition coefficient (Wildman–Crippen LogP) is 4.30. The van der Waals surface area contributed by atoms with Crippen molar-refractivity contribution in [3.05, 3.63) is 47.2 Å². The molecular formula is C20H17F5N2O2. The molecule has 2 aromatic rings. The summed E-state index contributed by atoms with van der Waals surface area (Å²) in [7, 11) is 0. The number of nitrogens with one attached hydrogen (secondary N) is 1. The molecule has 4 nitrogen and oxygen atoms in total. The number of benzene rings is 1. The predicted molar refractivity (Wildman–Crippen MR) is 93.4 cm³/mol. The molecule has 1 aromatic heterocycles. The summed E-state index contributed by atoms with van der Waals surface area (Å²) < 4.78 is 73.0. The number of amides is 1. The number of pyridine rings is 1. The third kappa shape index (κ3) is 3.77. The largest absolute Gasteiger partial charge is 0.490 e. The molecule has 0 radical (unpaired) electrons. The molecule has 0 bridgehead atoms. The highest BCUT2D eigenvalue weighted by molar-refractivity contribution is 5.70. The van der Waals surface area contributed by atoms with Crippen LogP contribution in [-0.4, -0.2) is 30.7 Å². The molecule has 2 atom stereocenters. The molecule has 1 aromatic carbocycles. The zero-order valence-electron chi connectivity index (χ0n) is 15.1. The zero-order chi connectivity index (χ0) is 20.8. The van der Waals surface area contributed by atoms with Crippen molar-refractivity contribution in [1.29, 1.82) is 0 Å². The minimum Gasteiger partial charge on any atom is -0.490 e. The van der Waals surface area contributed by atoms with Gasteiger partial charge in [-0.25, -0.2) is 13.8 Å². The summed E-state index contributed by atoms with van der Waals surface area (Å²) in [6, 6.07) is 4.42. The van der Waals surface area contributed by atoms with Gasteiger partial charge in [0.15, 0.2) is 11.6 Å². The summed E-state index contributed by atoms with van der Waals surface area (Å²) in [5, 5.41) is 2.57. The van der Waals surface area contributed by atoms with Crippen molar-refractivity contribution in [2.75, 3.05) is 13.2 Å². The van der Waals surface area contributed by atoms with Crippen LogP contribution < -0.4 is 10.1 Å². The fourth-order valence-electron chi connectivity index (χ4n) is 3.73. The lowest BCUT2D eigenvalue weighted by Gasteiger charge is -2.20. The summed E-state index contributed by atoms with van der Waals surface area (Å²) in [5.41, 5.74) is 0.474. The standard InChI is InChI=1S/C20H17F5N2O2/c21-15-4-3-11(5-16(15)22)18-19-12(14(8-29-19)20(23,24)25)6-17(27-18)13(7-26-9-28)10-1-2-10/h3-6,9-10,13-14H,1-2,7-8H2,(H,26,28). The number of halogens is 5. The number of ether oxygens (including phenoxy) is 1. The smallest absolute Gasteiger partial charge is 0.399 e. The fraction of sp³-hybridized carbons (Fsp3) is 0.400. The SMILES string of the molecule is O=CNCC(c1cc2c(c(-c3ccc(F)c(F)c3)n1)OCC2C(F)(F)F)C1CC1. The summed E-state index contributed by atoms with van der Waals surface area (Å²) in [6.07, 6.45) is -2.24. The van der Waals surface area contributed by atoms with Gasteiger partial charge in [-0.15, -0.1) is 0 Å². The van der Waals surface area contributed by atoms with Crippen LogP contribution in [0.25, 0.3) is 11.3 Å². The van der Waals surface area contributed by atoms with Crippen LogP contribution >= 0.6 is 0 Å². The molecule has 2 heterocycles.